The lowest BCUT2D eigenvalue weighted by Crippen LogP contribution is -2.07. The van der Waals surface area contributed by atoms with E-state index >= 15 is 0 Å². The summed E-state index contributed by atoms with van der Waals surface area (Å²) in [7, 11) is 1.25. The number of ether oxygens (including phenoxy) is 1. The predicted octanol–water partition coefficient (Wildman–Crippen LogP) is 2.81. The van der Waals surface area contributed by atoms with E-state index in [4.69, 9.17) is 10.5 Å². The van der Waals surface area contributed by atoms with Crippen molar-refractivity contribution in [2.45, 2.75) is 0 Å². The Morgan fingerprint density at radius 3 is 2.53 bits per heavy atom. The minimum atomic E-state index is -0.574. The lowest BCUT2D eigenvalue weighted by atomic mass is 10.2. The van der Waals surface area contributed by atoms with Crippen LogP contribution in [-0.4, -0.2) is 18.8 Å². The number of hydrogen-bond donors (Lipinski definition) is 1. The van der Waals surface area contributed by atoms with Crippen LogP contribution in [0, 0.1) is 22.7 Å². The van der Waals surface area contributed by atoms with E-state index in [2.05, 4.69) is 47.1 Å². The third-order valence-corrected chi connectivity index (χ3v) is 3.03. The Kier molecular flexibility index (Phi) is 5.49. The number of methoxy groups -OCH3 is 1. The molecule has 0 heterocycles. The van der Waals surface area contributed by atoms with E-state index in [1.165, 1.54) is 13.2 Å². The summed E-state index contributed by atoms with van der Waals surface area (Å²) in [6.07, 6.45) is 0. The molecule has 0 saturated heterocycles. The molecule has 19 heavy (non-hydrogen) atoms. The minimum Gasteiger partial charge on any atom is -0.465 e. The predicted molar refractivity (Wildman–Crippen MR) is 75.5 cm³/mol. The number of anilines is 1. The van der Waals surface area contributed by atoms with Crippen LogP contribution in [0.15, 0.2) is 26.2 Å². The lowest BCUT2D eigenvalue weighted by molar-refractivity contribution is 0.0601. The molecule has 96 valence electrons. The lowest BCUT2D eigenvalue weighted by Gasteiger charge is -2.10. The van der Waals surface area contributed by atoms with Crippen molar-refractivity contribution >= 4 is 49.2 Å². The molecule has 1 N–H and O–H groups in total. The molecule has 0 aliphatic carbocycles. The normalized spacial score (nSPS) is 8.89. The second kappa shape index (κ2) is 6.88. The largest absolute Gasteiger partial charge is 0.465 e. The first kappa shape index (κ1) is 15.2. The molecule has 0 saturated carbocycles. The van der Waals surface area contributed by atoms with E-state index in [1.807, 2.05) is 0 Å². The Balaban J connectivity index is 3.28. The van der Waals surface area contributed by atoms with Gasteiger partial charge in [-0.05, 0) is 28.1 Å². The van der Waals surface area contributed by atoms with Gasteiger partial charge in [0.2, 0.25) is 5.71 Å². The second-order valence-corrected chi connectivity index (χ2v) is 4.87. The van der Waals surface area contributed by atoms with Gasteiger partial charge in [0.1, 0.15) is 12.1 Å². The van der Waals surface area contributed by atoms with Crippen molar-refractivity contribution < 1.29 is 9.53 Å². The molecule has 1 rings (SSSR count). The van der Waals surface area contributed by atoms with Gasteiger partial charge in [-0.2, -0.15) is 15.6 Å². The maximum absolute atomic E-state index is 11.6. The number of rotatable bonds is 3. The molecule has 0 bridgehead atoms. The van der Waals surface area contributed by atoms with E-state index in [0.717, 1.165) is 0 Å². The van der Waals surface area contributed by atoms with E-state index < -0.39 is 5.97 Å². The summed E-state index contributed by atoms with van der Waals surface area (Å²) in [6, 6.07) is 6.42. The highest BCUT2D eigenvalue weighted by Gasteiger charge is 2.16. The fourth-order valence-electron chi connectivity index (χ4n) is 1.14. The molecule has 0 atom stereocenters. The zero-order valence-corrected chi connectivity index (χ0v) is 12.7. The highest BCUT2D eigenvalue weighted by Crippen LogP contribution is 2.31. The van der Waals surface area contributed by atoms with Crippen LogP contribution in [0.1, 0.15) is 10.4 Å². The van der Waals surface area contributed by atoms with Crippen molar-refractivity contribution in [1.82, 2.24) is 0 Å². The number of hydrazone groups is 1. The Hall–Kier alpha value is -1.90. The molecule has 0 unspecified atom stereocenters. The van der Waals surface area contributed by atoms with Crippen LogP contribution in [0.25, 0.3) is 0 Å². The van der Waals surface area contributed by atoms with E-state index in [9.17, 15) is 4.79 Å². The van der Waals surface area contributed by atoms with Gasteiger partial charge in [-0.15, -0.1) is 0 Å². The number of carbonyl (C=O) groups excluding carboxylic acids is 1. The van der Waals surface area contributed by atoms with E-state index in [-0.39, 0.29) is 11.3 Å². The number of nitriles is 2. The minimum absolute atomic E-state index is 0.211. The molecule has 0 spiro atoms. The van der Waals surface area contributed by atoms with E-state index in [1.54, 1.807) is 18.2 Å². The van der Waals surface area contributed by atoms with Crippen LogP contribution >= 0.6 is 31.9 Å². The Morgan fingerprint density at radius 2 is 2.00 bits per heavy atom. The van der Waals surface area contributed by atoms with Crippen LogP contribution in [0.2, 0.25) is 0 Å². The zero-order chi connectivity index (χ0) is 14.4. The smallest absolute Gasteiger partial charge is 0.340 e. The fraction of sp³-hybridized carbons (Fsp3) is 0.0909. The zero-order valence-electron chi connectivity index (χ0n) is 9.57. The van der Waals surface area contributed by atoms with Gasteiger partial charge in [0, 0.05) is 8.95 Å². The first-order chi connectivity index (χ1) is 9.03. The van der Waals surface area contributed by atoms with Gasteiger partial charge in [0.25, 0.3) is 0 Å². The highest BCUT2D eigenvalue weighted by atomic mass is 79.9. The molecular formula is C11H6Br2N4O2. The van der Waals surface area contributed by atoms with Crippen LogP contribution in [-0.2, 0) is 4.74 Å². The maximum atomic E-state index is 11.6. The van der Waals surface area contributed by atoms with Gasteiger partial charge < -0.3 is 4.74 Å². The van der Waals surface area contributed by atoms with Gasteiger partial charge in [-0.25, -0.2) is 4.79 Å². The second-order valence-electron chi connectivity index (χ2n) is 3.10. The molecule has 0 radical (unpaired) electrons. The molecule has 8 heteroatoms. The average molecular weight is 386 g/mol. The van der Waals surface area contributed by atoms with E-state index in [0.29, 0.717) is 14.6 Å². The Labute approximate surface area is 125 Å². The van der Waals surface area contributed by atoms with Crippen molar-refractivity contribution in [1.29, 1.82) is 10.5 Å². The summed E-state index contributed by atoms with van der Waals surface area (Å²) in [4.78, 5) is 11.6. The van der Waals surface area contributed by atoms with Crippen molar-refractivity contribution in [3.8, 4) is 12.1 Å². The number of carbonyl (C=O) groups is 1. The molecule has 0 fully saturated rings. The summed E-state index contributed by atoms with van der Waals surface area (Å²) >= 11 is 6.50. The SMILES string of the molecule is COC(=O)c1cc(Br)cc(Br)c1NN=C(C#N)C#N. The number of nitrogens with zero attached hydrogens (tertiary/aromatic N) is 3. The Bertz CT molecular complexity index is 613. The quantitative estimate of drug-likeness (QED) is 0.490. The standard InChI is InChI=1S/C11H6Br2N4O2/c1-19-11(18)8-2-6(12)3-9(13)10(8)17-16-7(4-14)5-15/h2-3,17H,1H3. The first-order valence-electron chi connectivity index (χ1n) is 4.74. The molecule has 0 aromatic heterocycles. The summed E-state index contributed by atoms with van der Waals surface area (Å²) in [5, 5.41) is 20.8. The van der Waals surface area contributed by atoms with Crippen molar-refractivity contribution in [3.05, 3.63) is 26.6 Å². The number of hydrogen-bond acceptors (Lipinski definition) is 6. The highest BCUT2D eigenvalue weighted by molar-refractivity contribution is 9.11. The van der Waals surface area contributed by atoms with Gasteiger partial charge >= 0.3 is 5.97 Å². The van der Waals surface area contributed by atoms with Crippen LogP contribution in [0.5, 0.6) is 0 Å². The topological polar surface area (TPSA) is 98.3 Å². The Morgan fingerprint density at radius 1 is 1.37 bits per heavy atom. The first-order valence-corrected chi connectivity index (χ1v) is 6.33. The van der Waals surface area contributed by atoms with Crippen molar-refractivity contribution in [2.75, 3.05) is 12.5 Å². The summed E-state index contributed by atoms with van der Waals surface area (Å²) < 4.78 is 5.84. The number of halogens is 2. The summed E-state index contributed by atoms with van der Waals surface area (Å²) in [5.74, 6) is -0.574. The molecule has 0 amide bonds. The fourth-order valence-corrected chi connectivity index (χ4v) is 2.46. The number of nitrogens with one attached hydrogen (secondary N) is 1. The van der Waals surface area contributed by atoms with Crippen LogP contribution < -0.4 is 5.43 Å². The molecule has 0 aliphatic heterocycles. The third kappa shape index (κ3) is 3.78. The van der Waals surface area contributed by atoms with Crippen LogP contribution in [0.4, 0.5) is 5.69 Å². The van der Waals surface area contributed by atoms with Crippen LogP contribution in [0.3, 0.4) is 0 Å². The summed E-state index contributed by atoms with van der Waals surface area (Å²) in [5.41, 5.74) is 2.66. The molecule has 6 nitrogen and oxygen atoms in total. The van der Waals surface area contributed by atoms with Gasteiger partial charge in [-0.3, -0.25) is 5.43 Å². The average Bonchev–Trinajstić information content (AvgIpc) is 2.40. The molecule has 0 aliphatic rings. The summed E-state index contributed by atoms with van der Waals surface area (Å²) in [6.45, 7) is 0. The van der Waals surface area contributed by atoms with Crippen molar-refractivity contribution in [3.63, 3.8) is 0 Å². The third-order valence-electron chi connectivity index (χ3n) is 1.95. The molecule has 1 aromatic carbocycles. The number of benzene rings is 1. The number of esters is 1. The molecular weight excluding hydrogens is 380 g/mol. The van der Waals surface area contributed by atoms with Crippen molar-refractivity contribution in [2.24, 2.45) is 5.10 Å². The monoisotopic (exact) mass is 384 g/mol. The van der Waals surface area contributed by atoms with Gasteiger partial charge in [0.05, 0.1) is 18.4 Å². The van der Waals surface area contributed by atoms with Gasteiger partial charge in [-0.1, -0.05) is 15.9 Å². The van der Waals surface area contributed by atoms with Gasteiger partial charge in [0.15, 0.2) is 0 Å². The molecule has 1 aromatic rings. The maximum Gasteiger partial charge on any atom is 0.340 e.